The van der Waals surface area contributed by atoms with Crippen molar-refractivity contribution in [1.29, 1.82) is 0 Å². The van der Waals surface area contributed by atoms with E-state index in [9.17, 15) is 9.90 Å². The van der Waals surface area contributed by atoms with Crippen molar-refractivity contribution in [1.82, 2.24) is 10.2 Å². The number of carbonyl (C=O) groups excluding carboxylic acids is 1. The highest BCUT2D eigenvalue weighted by molar-refractivity contribution is 5.74. The fourth-order valence-corrected chi connectivity index (χ4v) is 1.46. The first-order valence-corrected chi connectivity index (χ1v) is 6.07. The second-order valence-corrected chi connectivity index (χ2v) is 4.96. The molecule has 0 aromatic carbocycles. The average Bonchev–Trinajstić information content (AvgIpc) is 2.21. The molecule has 0 bridgehead atoms. The number of nitrogens with zero attached hydrogens (tertiary/aromatic N) is 1. The molecule has 0 aliphatic rings. The summed E-state index contributed by atoms with van der Waals surface area (Å²) in [5.41, 5.74) is -0.872. The molecule has 0 spiro atoms. The summed E-state index contributed by atoms with van der Waals surface area (Å²) in [6.45, 7) is 8.74. The lowest BCUT2D eigenvalue weighted by molar-refractivity contribution is 0.0474. The van der Waals surface area contributed by atoms with Crippen LogP contribution in [-0.2, 0) is 4.74 Å². The van der Waals surface area contributed by atoms with E-state index in [-0.39, 0.29) is 12.1 Å². The zero-order valence-electron chi connectivity index (χ0n) is 11.6. The SMILES string of the molecule is CCN(CC(C)(C)O)C(=O)NC(C)CCOC. The number of aliphatic hydroxyl groups is 1. The van der Waals surface area contributed by atoms with Gasteiger partial charge in [-0.2, -0.15) is 0 Å². The number of urea groups is 1. The molecule has 0 radical (unpaired) electrons. The van der Waals surface area contributed by atoms with E-state index >= 15 is 0 Å². The monoisotopic (exact) mass is 246 g/mol. The molecule has 5 heteroatoms. The summed E-state index contributed by atoms with van der Waals surface area (Å²) in [6.07, 6.45) is 0.780. The molecule has 0 aliphatic heterocycles. The maximum absolute atomic E-state index is 11.9. The zero-order valence-corrected chi connectivity index (χ0v) is 11.6. The fourth-order valence-electron chi connectivity index (χ4n) is 1.46. The number of hydrogen-bond acceptors (Lipinski definition) is 3. The first-order valence-electron chi connectivity index (χ1n) is 6.07. The van der Waals surface area contributed by atoms with Gasteiger partial charge >= 0.3 is 6.03 Å². The van der Waals surface area contributed by atoms with Crippen LogP contribution in [0.2, 0.25) is 0 Å². The molecule has 0 saturated carbocycles. The van der Waals surface area contributed by atoms with E-state index < -0.39 is 5.60 Å². The molecule has 1 atom stereocenters. The second-order valence-electron chi connectivity index (χ2n) is 4.96. The highest BCUT2D eigenvalue weighted by Crippen LogP contribution is 2.05. The molecular formula is C12H26N2O3. The third kappa shape index (κ3) is 7.99. The van der Waals surface area contributed by atoms with E-state index in [4.69, 9.17) is 4.74 Å². The standard InChI is InChI=1S/C12H26N2O3/c1-6-14(9-12(3,4)16)11(15)13-10(2)7-8-17-5/h10,16H,6-9H2,1-5H3,(H,13,15). The maximum atomic E-state index is 11.9. The van der Waals surface area contributed by atoms with Gasteiger partial charge in [-0.3, -0.25) is 0 Å². The fraction of sp³-hybridized carbons (Fsp3) is 0.917. The van der Waals surface area contributed by atoms with Crippen LogP contribution in [0, 0.1) is 0 Å². The Hall–Kier alpha value is -0.810. The van der Waals surface area contributed by atoms with Gasteiger partial charge < -0.3 is 20.1 Å². The maximum Gasteiger partial charge on any atom is 0.317 e. The molecule has 1 unspecified atom stereocenters. The smallest absolute Gasteiger partial charge is 0.317 e. The van der Waals surface area contributed by atoms with E-state index in [0.29, 0.717) is 19.7 Å². The third-order valence-corrected chi connectivity index (χ3v) is 2.37. The van der Waals surface area contributed by atoms with Crippen molar-refractivity contribution in [3.63, 3.8) is 0 Å². The Bertz CT molecular complexity index is 226. The molecule has 0 fully saturated rings. The van der Waals surface area contributed by atoms with Gasteiger partial charge in [0, 0.05) is 26.3 Å². The quantitative estimate of drug-likeness (QED) is 0.710. The number of rotatable bonds is 7. The van der Waals surface area contributed by atoms with Gasteiger partial charge in [0.25, 0.3) is 0 Å². The Labute approximate surface area is 104 Å². The summed E-state index contributed by atoms with van der Waals surface area (Å²) in [5.74, 6) is 0. The number of amides is 2. The molecule has 5 nitrogen and oxygen atoms in total. The van der Waals surface area contributed by atoms with Crippen LogP contribution in [0.4, 0.5) is 4.79 Å². The van der Waals surface area contributed by atoms with Crippen molar-refractivity contribution >= 4 is 6.03 Å². The first kappa shape index (κ1) is 16.2. The van der Waals surface area contributed by atoms with Crippen molar-refractivity contribution in [2.45, 2.75) is 45.8 Å². The molecule has 0 aliphatic carbocycles. The predicted octanol–water partition coefficient (Wildman–Crippen LogP) is 1.21. The van der Waals surface area contributed by atoms with Crippen molar-refractivity contribution in [2.24, 2.45) is 0 Å². The van der Waals surface area contributed by atoms with Crippen LogP contribution < -0.4 is 5.32 Å². The summed E-state index contributed by atoms with van der Waals surface area (Å²) in [4.78, 5) is 13.5. The molecule has 0 aromatic heterocycles. The van der Waals surface area contributed by atoms with E-state index in [1.54, 1.807) is 25.9 Å². The van der Waals surface area contributed by atoms with E-state index in [2.05, 4.69) is 5.32 Å². The minimum Gasteiger partial charge on any atom is -0.389 e. The Kier molecular flexibility index (Phi) is 7.15. The molecule has 0 rings (SSSR count). The van der Waals surface area contributed by atoms with Crippen LogP contribution in [0.3, 0.4) is 0 Å². The number of nitrogens with one attached hydrogen (secondary N) is 1. The van der Waals surface area contributed by atoms with Crippen LogP contribution in [0.25, 0.3) is 0 Å². The average molecular weight is 246 g/mol. The van der Waals surface area contributed by atoms with Crippen LogP contribution in [-0.4, -0.2) is 54.5 Å². The Morgan fingerprint density at radius 1 is 1.53 bits per heavy atom. The van der Waals surface area contributed by atoms with Gasteiger partial charge in [0.2, 0.25) is 0 Å². The van der Waals surface area contributed by atoms with Gasteiger partial charge in [-0.25, -0.2) is 4.79 Å². The molecule has 17 heavy (non-hydrogen) atoms. The molecular weight excluding hydrogens is 220 g/mol. The zero-order chi connectivity index (χ0) is 13.5. The van der Waals surface area contributed by atoms with Gasteiger partial charge in [-0.05, 0) is 34.1 Å². The Morgan fingerprint density at radius 3 is 2.53 bits per heavy atom. The lowest BCUT2D eigenvalue weighted by Gasteiger charge is -2.29. The van der Waals surface area contributed by atoms with Gasteiger partial charge in [0.15, 0.2) is 0 Å². The Morgan fingerprint density at radius 2 is 2.12 bits per heavy atom. The van der Waals surface area contributed by atoms with Crippen molar-refractivity contribution in [3.8, 4) is 0 Å². The molecule has 2 amide bonds. The summed E-state index contributed by atoms with van der Waals surface area (Å²) < 4.78 is 4.96. The topological polar surface area (TPSA) is 61.8 Å². The first-order chi connectivity index (χ1) is 7.80. The number of hydrogen-bond donors (Lipinski definition) is 2. The highest BCUT2D eigenvalue weighted by Gasteiger charge is 2.21. The van der Waals surface area contributed by atoms with Crippen LogP contribution in [0.1, 0.15) is 34.1 Å². The molecule has 0 saturated heterocycles. The van der Waals surface area contributed by atoms with Gasteiger partial charge in [-0.1, -0.05) is 0 Å². The van der Waals surface area contributed by atoms with Gasteiger partial charge in [0.1, 0.15) is 0 Å². The molecule has 0 heterocycles. The predicted molar refractivity (Wildman–Crippen MR) is 68.0 cm³/mol. The van der Waals surface area contributed by atoms with Crippen LogP contribution >= 0.6 is 0 Å². The minimum absolute atomic E-state index is 0.0679. The van der Waals surface area contributed by atoms with Gasteiger partial charge in [0.05, 0.1) is 12.1 Å². The summed E-state index contributed by atoms with van der Waals surface area (Å²) >= 11 is 0. The number of carbonyl (C=O) groups is 1. The van der Waals surface area contributed by atoms with E-state index in [1.165, 1.54) is 0 Å². The summed E-state index contributed by atoms with van der Waals surface area (Å²) in [6, 6.07) is -0.0727. The minimum atomic E-state index is -0.872. The molecule has 2 N–H and O–H groups in total. The number of methoxy groups -OCH3 is 1. The molecule has 0 aromatic rings. The van der Waals surface area contributed by atoms with Gasteiger partial charge in [-0.15, -0.1) is 0 Å². The van der Waals surface area contributed by atoms with Crippen molar-refractivity contribution in [3.05, 3.63) is 0 Å². The van der Waals surface area contributed by atoms with E-state index in [0.717, 1.165) is 6.42 Å². The van der Waals surface area contributed by atoms with Crippen molar-refractivity contribution < 1.29 is 14.6 Å². The van der Waals surface area contributed by atoms with Crippen molar-refractivity contribution in [2.75, 3.05) is 26.8 Å². The largest absolute Gasteiger partial charge is 0.389 e. The van der Waals surface area contributed by atoms with E-state index in [1.807, 2.05) is 13.8 Å². The van der Waals surface area contributed by atoms with Crippen LogP contribution in [0.5, 0.6) is 0 Å². The van der Waals surface area contributed by atoms with Crippen LogP contribution in [0.15, 0.2) is 0 Å². The number of ether oxygens (including phenoxy) is 1. The summed E-state index contributed by atoms with van der Waals surface area (Å²) in [5, 5.41) is 12.6. The second kappa shape index (κ2) is 7.50. The normalized spacial score (nSPS) is 13.3. The number of likely N-dealkylation sites (N-methyl/N-ethyl adjacent to an activating group) is 1. The lowest BCUT2D eigenvalue weighted by atomic mass is 10.1. The summed E-state index contributed by atoms with van der Waals surface area (Å²) in [7, 11) is 1.64. The lowest BCUT2D eigenvalue weighted by Crippen LogP contribution is -2.49. The Balaban J connectivity index is 4.16. The third-order valence-electron chi connectivity index (χ3n) is 2.37. The highest BCUT2D eigenvalue weighted by atomic mass is 16.5. The molecule has 102 valence electrons.